The van der Waals surface area contributed by atoms with Crippen molar-refractivity contribution in [2.75, 3.05) is 0 Å². The third kappa shape index (κ3) is 1.84. The van der Waals surface area contributed by atoms with E-state index in [1.807, 2.05) is 0 Å². The number of rotatable bonds is 1. The number of hydrogen-bond acceptors (Lipinski definition) is 1. The summed E-state index contributed by atoms with van der Waals surface area (Å²) >= 11 is 0. The van der Waals surface area contributed by atoms with Gasteiger partial charge in [0.05, 0.1) is 0 Å². The summed E-state index contributed by atoms with van der Waals surface area (Å²) in [6.07, 6.45) is 2.15. The van der Waals surface area contributed by atoms with Crippen LogP contribution in [0.2, 0.25) is 0 Å². The van der Waals surface area contributed by atoms with Crippen molar-refractivity contribution in [2.24, 2.45) is 5.92 Å². The molecular weight excluding hydrogens is 222 g/mol. The predicted octanol–water partition coefficient (Wildman–Crippen LogP) is 2.98. The number of nitrogens with one attached hydrogen (secondary N) is 1. The molecule has 1 aromatic rings. The lowest BCUT2D eigenvalue weighted by atomic mass is 9.83. The van der Waals surface area contributed by atoms with Crippen molar-refractivity contribution in [3.8, 4) is 0 Å². The number of amides is 1. The third-order valence-electron chi connectivity index (χ3n) is 4.45. The van der Waals surface area contributed by atoms with E-state index < -0.39 is 0 Å². The number of fused-ring (bicyclic) bond motifs is 2. The maximum atomic E-state index is 11.7. The lowest BCUT2D eigenvalue weighted by molar-refractivity contribution is -0.124. The van der Waals surface area contributed by atoms with Gasteiger partial charge in [0.15, 0.2) is 0 Å². The fraction of sp³-hybridized carbons (Fsp3) is 0.562. The van der Waals surface area contributed by atoms with E-state index >= 15 is 0 Å². The average molecular weight is 243 g/mol. The molecule has 1 saturated heterocycles. The molecule has 2 nitrogen and oxygen atoms in total. The van der Waals surface area contributed by atoms with Gasteiger partial charge in [-0.2, -0.15) is 0 Å². The predicted molar refractivity (Wildman–Crippen MR) is 72.5 cm³/mol. The molecule has 2 aliphatic rings. The van der Waals surface area contributed by atoms with Crippen LogP contribution in [0.25, 0.3) is 0 Å². The smallest absolute Gasteiger partial charge is 0.224 e. The van der Waals surface area contributed by atoms with Crippen molar-refractivity contribution in [3.05, 3.63) is 35.4 Å². The largest absolute Gasteiger partial charge is 0.353 e. The maximum Gasteiger partial charge on any atom is 0.224 e. The lowest BCUT2D eigenvalue weighted by Gasteiger charge is -2.24. The normalized spacial score (nSPS) is 30.6. The molecule has 0 spiro atoms. The molecule has 1 saturated carbocycles. The average Bonchev–Trinajstić information content (AvgIpc) is 2.86. The Bertz CT molecular complexity index is 469. The quantitative estimate of drug-likeness (QED) is 0.807. The topological polar surface area (TPSA) is 29.1 Å². The summed E-state index contributed by atoms with van der Waals surface area (Å²) < 4.78 is 0. The minimum absolute atomic E-state index is 0.199. The van der Waals surface area contributed by atoms with Crippen molar-refractivity contribution in [3.63, 3.8) is 0 Å². The number of carbonyl (C=O) groups is 1. The first-order valence-corrected chi connectivity index (χ1v) is 6.86. The Morgan fingerprint density at radius 3 is 2.17 bits per heavy atom. The van der Waals surface area contributed by atoms with Crippen LogP contribution in [-0.2, 0) is 10.2 Å². The minimum Gasteiger partial charge on any atom is -0.353 e. The molecule has 0 unspecified atom stereocenters. The van der Waals surface area contributed by atoms with E-state index in [-0.39, 0.29) is 17.2 Å². The lowest BCUT2D eigenvalue weighted by Crippen LogP contribution is -2.34. The summed E-state index contributed by atoms with van der Waals surface area (Å²) in [4.78, 5) is 11.7. The van der Waals surface area contributed by atoms with Crippen LogP contribution in [0.1, 0.15) is 50.7 Å². The van der Waals surface area contributed by atoms with Gasteiger partial charge in [0.25, 0.3) is 0 Å². The molecule has 2 bridgehead atoms. The van der Waals surface area contributed by atoms with Crippen molar-refractivity contribution < 1.29 is 4.79 Å². The highest BCUT2D eigenvalue weighted by Gasteiger charge is 2.45. The van der Waals surface area contributed by atoms with Crippen LogP contribution in [0.4, 0.5) is 0 Å². The van der Waals surface area contributed by atoms with Crippen LogP contribution >= 0.6 is 0 Å². The zero-order chi connectivity index (χ0) is 12.9. The van der Waals surface area contributed by atoms with Crippen LogP contribution in [0, 0.1) is 5.92 Å². The zero-order valence-electron chi connectivity index (χ0n) is 11.4. The first kappa shape index (κ1) is 11.8. The zero-order valence-corrected chi connectivity index (χ0v) is 11.4. The van der Waals surface area contributed by atoms with E-state index in [2.05, 4.69) is 50.4 Å². The Morgan fingerprint density at radius 1 is 1.06 bits per heavy atom. The molecule has 1 amide bonds. The molecule has 1 aromatic carbocycles. The summed E-state index contributed by atoms with van der Waals surface area (Å²) in [6, 6.07) is 9.31. The summed E-state index contributed by atoms with van der Waals surface area (Å²) in [5, 5.41) is 3.05. The van der Waals surface area contributed by atoms with Gasteiger partial charge in [0.1, 0.15) is 0 Å². The fourth-order valence-electron chi connectivity index (χ4n) is 3.35. The highest BCUT2D eigenvalue weighted by atomic mass is 16.2. The van der Waals surface area contributed by atoms with Crippen molar-refractivity contribution in [1.82, 2.24) is 5.32 Å². The Labute approximate surface area is 109 Å². The minimum atomic E-state index is 0.199. The molecule has 96 valence electrons. The van der Waals surface area contributed by atoms with Gasteiger partial charge in [0, 0.05) is 12.0 Å². The molecule has 1 N–H and O–H groups in total. The van der Waals surface area contributed by atoms with E-state index in [9.17, 15) is 4.79 Å². The maximum absolute atomic E-state index is 11.7. The second-order valence-corrected chi connectivity index (χ2v) is 6.76. The fourth-order valence-corrected chi connectivity index (χ4v) is 3.35. The molecular formula is C16H21NO. The summed E-state index contributed by atoms with van der Waals surface area (Å²) in [5.41, 5.74) is 2.90. The van der Waals surface area contributed by atoms with Gasteiger partial charge in [-0.1, -0.05) is 45.0 Å². The number of carbonyl (C=O) groups excluding carboxylic acids is 1. The molecule has 1 aliphatic carbocycles. The molecule has 18 heavy (non-hydrogen) atoms. The monoisotopic (exact) mass is 243 g/mol. The first-order valence-electron chi connectivity index (χ1n) is 6.86. The first-order chi connectivity index (χ1) is 8.45. The molecule has 3 rings (SSSR count). The van der Waals surface area contributed by atoms with Gasteiger partial charge in [-0.3, -0.25) is 4.79 Å². The summed E-state index contributed by atoms with van der Waals surface area (Å²) in [6.45, 7) is 6.69. The number of benzene rings is 1. The Balaban J connectivity index is 1.84. The van der Waals surface area contributed by atoms with Crippen LogP contribution in [-0.4, -0.2) is 11.9 Å². The molecule has 3 atom stereocenters. The second kappa shape index (κ2) is 3.84. The number of piperidine rings is 1. The molecule has 0 radical (unpaired) electrons. The third-order valence-corrected chi connectivity index (χ3v) is 4.45. The SMILES string of the molecule is CC(C)(C)c1ccc([C@@H]2C[C@@H]3C[C@H]2C(=O)N3)cc1. The molecule has 1 heterocycles. The summed E-state index contributed by atoms with van der Waals surface area (Å²) in [7, 11) is 0. The van der Waals surface area contributed by atoms with Gasteiger partial charge >= 0.3 is 0 Å². The molecule has 0 aromatic heterocycles. The highest BCUT2D eigenvalue weighted by Crippen LogP contribution is 2.44. The van der Waals surface area contributed by atoms with E-state index in [4.69, 9.17) is 0 Å². The Morgan fingerprint density at radius 2 is 1.67 bits per heavy atom. The van der Waals surface area contributed by atoms with Gasteiger partial charge in [-0.15, -0.1) is 0 Å². The second-order valence-electron chi connectivity index (χ2n) is 6.76. The van der Waals surface area contributed by atoms with Crippen LogP contribution in [0.3, 0.4) is 0 Å². The Kier molecular flexibility index (Phi) is 2.51. The van der Waals surface area contributed by atoms with Gasteiger partial charge in [0.2, 0.25) is 5.91 Å². The van der Waals surface area contributed by atoms with Gasteiger partial charge in [-0.05, 0) is 35.3 Å². The standard InChI is InChI=1S/C16H21NO/c1-16(2,3)11-6-4-10(5-7-11)13-8-12-9-14(13)15(18)17-12/h4-7,12-14H,8-9H2,1-3H3,(H,17,18)/t12-,13+,14-/m1/s1. The van der Waals surface area contributed by atoms with E-state index in [1.165, 1.54) is 11.1 Å². The molecule has 2 fully saturated rings. The van der Waals surface area contributed by atoms with Gasteiger partial charge in [-0.25, -0.2) is 0 Å². The number of hydrogen-bond donors (Lipinski definition) is 1. The van der Waals surface area contributed by atoms with Crippen LogP contribution in [0.5, 0.6) is 0 Å². The molecule has 1 aliphatic heterocycles. The van der Waals surface area contributed by atoms with E-state index in [1.54, 1.807) is 0 Å². The van der Waals surface area contributed by atoms with Crippen molar-refractivity contribution in [2.45, 2.75) is 51.0 Å². The van der Waals surface area contributed by atoms with Gasteiger partial charge < -0.3 is 5.32 Å². The van der Waals surface area contributed by atoms with Crippen LogP contribution < -0.4 is 5.32 Å². The van der Waals surface area contributed by atoms with Crippen molar-refractivity contribution in [1.29, 1.82) is 0 Å². The Hall–Kier alpha value is -1.31. The molecule has 2 heteroatoms. The van der Waals surface area contributed by atoms with E-state index in [0.29, 0.717) is 12.0 Å². The van der Waals surface area contributed by atoms with E-state index in [0.717, 1.165) is 12.8 Å². The summed E-state index contributed by atoms with van der Waals surface area (Å²) in [5.74, 6) is 0.921. The van der Waals surface area contributed by atoms with Crippen molar-refractivity contribution >= 4 is 5.91 Å². The highest BCUT2D eigenvalue weighted by molar-refractivity contribution is 5.83. The van der Waals surface area contributed by atoms with Crippen LogP contribution in [0.15, 0.2) is 24.3 Å².